The van der Waals surface area contributed by atoms with Crippen molar-refractivity contribution in [1.29, 1.82) is 0 Å². The SMILES string of the molecule is CC(C)NCc1ccc(OCC2CC3CCC2C3)c(F)c1. The second-order valence-corrected chi connectivity index (χ2v) is 7.05. The quantitative estimate of drug-likeness (QED) is 0.850. The van der Waals surface area contributed by atoms with Crippen molar-refractivity contribution in [2.75, 3.05) is 6.61 Å². The zero-order valence-corrected chi connectivity index (χ0v) is 13.1. The maximum absolute atomic E-state index is 14.1. The van der Waals surface area contributed by atoms with E-state index in [0.29, 0.717) is 30.9 Å². The summed E-state index contributed by atoms with van der Waals surface area (Å²) < 4.78 is 19.8. The third-order valence-corrected chi connectivity index (χ3v) is 5.05. The van der Waals surface area contributed by atoms with Gasteiger partial charge in [-0.05, 0) is 54.7 Å². The number of benzene rings is 1. The van der Waals surface area contributed by atoms with Crippen molar-refractivity contribution in [2.24, 2.45) is 17.8 Å². The summed E-state index contributed by atoms with van der Waals surface area (Å²) in [4.78, 5) is 0. The van der Waals surface area contributed by atoms with Crippen LogP contribution in [0.15, 0.2) is 18.2 Å². The highest BCUT2D eigenvalue weighted by Gasteiger charge is 2.39. The normalized spacial score (nSPS) is 27.5. The molecule has 2 aliphatic rings. The maximum Gasteiger partial charge on any atom is 0.165 e. The molecule has 0 spiro atoms. The highest BCUT2D eigenvalue weighted by molar-refractivity contribution is 5.29. The summed E-state index contributed by atoms with van der Waals surface area (Å²) in [7, 11) is 0. The monoisotopic (exact) mass is 291 g/mol. The molecule has 1 aromatic carbocycles. The van der Waals surface area contributed by atoms with E-state index in [9.17, 15) is 4.39 Å². The summed E-state index contributed by atoms with van der Waals surface area (Å²) in [6, 6.07) is 5.72. The number of nitrogens with one attached hydrogen (secondary N) is 1. The molecule has 0 aromatic heterocycles. The van der Waals surface area contributed by atoms with Gasteiger partial charge < -0.3 is 10.1 Å². The van der Waals surface area contributed by atoms with Gasteiger partial charge in [0.15, 0.2) is 11.6 Å². The van der Waals surface area contributed by atoms with Crippen LogP contribution in [0.25, 0.3) is 0 Å². The molecule has 1 N–H and O–H groups in total. The minimum atomic E-state index is -0.235. The van der Waals surface area contributed by atoms with Crippen LogP contribution in [0.5, 0.6) is 5.75 Å². The van der Waals surface area contributed by atoms with Crippen LogP contribution in [-0.2, 0) is 6.54 Å². The second-order valence-electron chi connectivity index (χ2n) is 7.05. The number of hydrogen-bond donors (Lipinski definition) is 1. The van der Waals surface area contributed by atoms with E-state index >= 15 is 0 Å². The van der Waals surface area contributed by atoms with Crippen LogP contribution >= 0.6 is 0 Å². The van der Waals surface area contributed by atoms with E-state index in [-0.39, 0.29) is 5.82 Å². The molecule has 3 atom stereocenters. The zero-order chi connectivity index (χ0) is 14.8. The average molecular weight is 291 g/mol. The first kappa shape index (κ1) is 14.8. The van der Waals surface area contributed by atoms with Crippen LogP contribution in [-0.4, -0.2) is 12.6 Å². The predicted molar refractivity (Wildman–Crippen MR) is 82.8 cm³/mol. The van der Waals surface area contributed by atoms with E-state index in [0.717, 1.165) is 17.4 Å². The Bertz CT molecular complexity index is 488. The van der Waals surface area contributed by atoms with Crippen molar-refractivity contribution in [3.63, 3.8) is 0 Å². The fraction of sp³-hybridized carbons (Fsp3) is 0.667. The fourth-order valence-corrected chi connectivity index (χ4v) is 3.87. The molecule has 3 unspecified atom stereocenters. The summed E-state index contributed by atoms with van der Waals surface area (Å²) in [5.74, 6) is 2.56. The maximum atomic E-state index is 14.1. The van der Waals surface area contributed by atoms with Crippen molar-refractivity contribution < 1.29 is 9.13 Å². The van der Waals surface area contributed by atoms with Gasteiger partial charge in [0.2, 0.25) is 0 Å². The Kier molecular flexibility index (Phi) is 4.48. The van der Waals surface area contributed by atoms with Crippen LogP contribution in [0, 0.1) is 23.6 Å². The Balaban J connectivity index is 1.53. The van der Waals surface area contributed by atoms with Crippen LogP contribution in [0.4, 0.5) is 4.39 Å². The lowest BCUT2D eigenvalue weighted by Crippen LogP contribution is -2.22. The second kappa shape index (κ2) is 6.35. The van der Waals surface area contributed by atoms with Gasteiger partial charge in [-0.1, -0.05) is 26.3 Å². The van der Waals surface area contributed by atoms with E-state index in [1.165, 1.54) is 25.7 Å². The molecule has 0 radical (unpaired) electrons. The predicted octanol–water partition coefficient (Wildman–Crippen LogP) is 4.14. The van der Waals surface area contributed by atoms with E-state index < -0.39 is 0 Å². The molecule has 116 valence electrons. The van der Waals surface area contributed by atoms with Crippen LogP contribution in [0.3, 0.4) is 0 Å². The molecule has 2 fully saturated rings. The highest BCUT2D eigenvalue weighted by atomic mass is 19.1. The first-order chi connectivity index (χ1) is 10.1. The minimum Gasteiger partial charge on any atom is -0.490 e. The van der Waals surface area contributed by atoms with Gasteiger partial charge in [-0.15, -0.1) is 0 Å². The van der Waals surface area contributed by atoms with Crippen LogP contribution in [0.1, 0.15) is 45.1 Å². The number of ether oxygens (including phenoxy) is 1. The summed E-state index contributed by atoms with van der Waals surface area (Å²) in [5, 5.41) is 3.30. The first-order valence-electron chi connectivity index (χ1n) is 8.26. The van der Waals surface area contributed by atoms with Gasteiger partial charge in [0.05, 0.1) is 6.61 Å². The van der Waals surface area contributed by atoms with Gasteiger partial charge in [-0.3, -0.25) is 0 Å². The lowest BCUT2D eigenvalue weighted by molar-refractivity contribution is 0.189. The molecule has 0 amide bonds. The number of fused-ring (bicyclic) bond motifs is 2. The molecule has 0 saturated heterocycles. The molecule has 0 heterocycles. The number of rotatable bonds is 6. The minimum absolute atomic E-state index is 0.235. The van der Waals surface area contributed by atoms with Crippen LogP contribution in [0.2, 0.25) is 0 Å². The average Bonchev–Trinajstić information content (AvgIpc) is 3.06. The zero-order valence-electron chi connectivity index (χ0n) is 13.1. The summed E-state index contributed by atoms with van der Waals surface area (Å²) >= 11 is 0. The summed E-state index contributed by atoms with van der Waals surface area (Å²) in [6.45, 7) is 5.55. The molecule has 0 aliphatic heterocycles. The van der Waals surface area contributed by atoms with Gasteiger partial charge in [-0.2, -0.15) is 0 Å². The Morgan fingerprint density at radius 1 is 1.29 bits per heavy atom. The lowest BCUT2D eigenvalue weighted by atomic mass is 9.89. The standard InChI is InChI=1S/C18H26FNO/c1-12(2)20-10-14-4-6-18(17(19)9-14)21-11-16-8-13-3-5-15(16)7-13/h4,6,9,12-13,15-16,20H,3,5,7-8,10-11H2,1-2H3. The Morgan fingerprint density at radius 3 is 2.76 bits per heavy atom. The summed E-state index contributed by atoms with van der Waals surface area (Å²) in [5.41, 5.74) is 0.966. The molecule has 3 heteroatoms. The van der Waals surface area contributed by atoms with Crippen molar-refractivity contribution in [2.45, 2.75) is 52.1 Å². The van der Waals surface area contributed by atoms with Crippen molar-refractivity contribution >= 4 is 0 Å². The smallest absolute Gasteiger partial charge is 0.165 e. The number of halogens is 1. The highest BCUT2D eigenvalue weighted by Crippen LogP contribution is 2.48. The Hall–Kier alpha value is -1.09. The van der Waals surface area contributed by atoms with E-state index in [1.54, 1.807) is 12.1 Å². The van der Waals surface area contributed by atoms with Gasteiger partial charge in [0.25, 0.3) is 0 Å². The first-order valence-corrected chi connectivity index (χ1v) is 8.26. The molecule has 1 aromatic rings. The molecule has 2 aliphatic carbocycles. The van der Waals surface area contributed by atoms with Gasteiger partial charge in [0.1, 0.15) is 0 Å². The molecule has 21 heavy (non-hydrogen) atoms. The van der Waals surface area contributed by atoms with E-state index in [4.69, 9.17) is 4.74 Å². The van der Waals surface area contributed by atoms with Crippen molar-refractivity contribution in [3.8, 4) is 5.75 Å². The van der Waals surface area contributed by atoms with E-state index in [2.05, 4.69) is 19.2 Å². The molecule has 2 bridgehead atoms. The molecule has 2 saturated carbocycles. The lowest BCUT2D eigenvalue weighted by Gasteiger charge is -2.22. The van der Waals surface area contributed by atoms with Crippen molar-refractivity contribution in [3.05, 3.63) is 29.6 Å². The van der Waals surface area contributed by atoms with E-state index in [1.807, 2.05) is 6.07 Å². The topological polar surface area (TPSA) is 21.3 Å². The van der Waals surface area contributed by atoms with Gasteiger partial charge in [0, 0.05) is 12.6 Å². The molecule has 2 nitrogen and oxygen atoms in total. The Labute approximate surface area is 127 Å². The molecular formula is C18H26FNO. The molecule has 3 rings (SSSR count). The summed E-state index contributed by atoms with van der Waals surface area (Å²) in [6.07, 6.45) is 5.40. The Morgan fingerprint density at radius 2 is 2.14 bits per heavy atom. The van der Waals surface area contributed by atoms with Crippen LogP contribution < -0.4 is 10.1 Å². The third kappa shape index (κ3) is 3.57. The number of hydrogen-bond acceptors (Lipinski definition) is 2. The fourth-order valence-electron chi connectivity index (χ4n) is 3.87. The van der Waals surface area contributed by atoms with Crippen molar-refractivity contribution in [1.82, 2.24) is 5.32 Å². The molecular weight excluding hydrogens is 265 g/mol. The van der Waals surface area contributed by atoms with Gasteiger partial charge in [-0.25, -0.2) is 4.39 Å². The third-order valence-electron chi connectivity index (χ3n) is 5.05. The van der Waals surface area contributed by atoms with Gasteiger partial charge >= 0.3 is 0 Å². The largest absolute Gasteiger partial charge is 0.490 e.